The Hall–Kier alpha value is -3.28. The van der Waals surface area contributed by atoms with Gasteiger partial charge in [-0.25, -0.2) is 17.9 Å². The fourth-order valence-electron chi connectivity index (χ4n) is 2.89. The van der Waals surface area contributed by atoms with Gasteiger partial charge in [0.2, 0.25) is 15.9 Å². The number of H-pyrrole nitrogens is 1. The lowest BCUT2D eigenvalue weighted by Gasteiger charge is -2.12. The third-order valence-electron chi connectivity index (χ3n) is 4.45. The van der Waals surface area contributed by atoms with Crippen molar-refractivity contribution in [1.29, 1.82) is 0 Å². The summed E-state index contributed by atoms with van der Waals surface area (Å²) in [6, 6.07) is 10.7. The lowest BCUT2D eigenvalue weighted by molar-refractivity contribution is -0.116. The van der Waals surface area contributed by atoms with E-state index < -0.39 is 33.7 Å². The highest BCUT2D eigenvalue weighted by atomic mass is 35.5. The number of carbonyl (C=O) groups is 1. The van der Waals surface area contributed by atoms with E-state index in [1.807, 2.05) is 6.07 Å². The zero-order chi connectivity index (χ0) is 23.3. The van der Waals surface area contributed by atoms with Crippen molar-refractivity contribution in [3.63, 3.8) is 0 Å². The van der Waals surface area contributed by atoms with Crippen LogP contribution < -0.4 is 21.3 Å². The Morgan fingerprint density at radius 1 is 1.19 bits per heavy atom. The van der Waals surface area contributed by atoms with Crippen molar-refractivity contribution in [3.05, 3.63) is 85.9 Å². The van der Waals surface area contributed by atoms with Gasteiger partial charge in [-0.1, -0.05) is 23.7 Å². The minimum Gasteiger partial charge on any atom is -0.324 e. The van der Waals surface area contributed by atoms with Gasteiger partial charge in [-0.2, -0.15) is 0 Å². The van der Waals surface area contributed by atoms with Crippen molar-refractivity contribution < 1.29 is 13.2 Å². The first-order chi connectivity index (χ1) is 15.2. The Balaban J connectivity index is 1.71. The summed E-state index contributed by atoms with van der Waals surface area (Å²) < 4.78 is 28.7. The minimum absolute atomic E-state index is 0.00201. The summed E-state index contributed by atoms with van der Waals surface area (Å²) in [6.45, 7) is 1.22. The standard InChI is InChI=1S/C20H20ClN5O5S/c1-13-5-6-15(24-18(27)12-26-19(28)11-17(21)25-20(26)29)10-16(13)32(30,31)23-9-7-14-4-2-3-8-22-14/h2-6,8,10-11,23H,7,9,12H2,1H3,(H,24,27)(H,25,29). The van der Waals surface area contributed by atoms with Crippen LogP contribution in [-0.4, -0.2) is 35.4 Å². The summed E-state index contributed by atoms with van der Waals surface area (Å²) in [5, 5.41) is 2.36. The molecular weight excluding hydrogens is 458 g/mol. The highest BCUT2D eigenvalue weighted by Crippen LogP contribution is 2.20. The van der Waals surface area contributed by atoms with Crippen molar-refractivity contribution >= 4 is 33.2 Å². The number of nitrogens with one attached hydrogen (secondary N) is 3. The van der Waals surface area contributed by atoms with Crippen LogP contribution in [0.1, 0.15) is 11.3 Å². The molecule has 1 amide bonds. The van der Waals surface area contributed by atoms with Crippen molar-refractivity contribution in [1.82, 2.24) is 19.3 Å². The van der Waals surface area contributed by atoms with Crippen LogP contribution in [-0.2, 0) is 27.8 Å². The Kier molecular flexibility index (Phi) is 7.23. The van der Waals surface area contributed by atoms with Gasteiger partial charge in [0.25, 0.3) is 5.56 Å². The maximum atomic E-state index is 12.7. The van der Waals surface area contributed by atoms with Crippen molar-refractivity contribution in [3.8, 4) is 0 Å². The largest absolute Gasteiger partial charge is 0.329 e. The fourth-order valence-corrected chi connectivity index (χ4v) is 4.37. The van der Waals surface area contributed by atoms with E-state index >= 15 is 0 Å². The monoisotopic (exact) mass is 477 g/mol. The molecule has 0 aliphatic rings. The lowest BCUT2D eigenvalue weighted by atomic mass is 10.2. The van der Waals surface area contributed by atoms with Gasteiger partial charge in [0.15, 0.2) is 0 Å². The van der Waals surface area contributed by atoms with Crippen LogP contribution in [0.25, 0.3) is 0 Å². The highest BCUT2D eigenvalue weighted by molar-refractivity contribution is 7.89. The van der Waals surface area contributed by atoms with Crippen LogP contribution >= 0.6 is 11.6 Å². The molecule has 1 aromatic carbocycles. The zero-order valence-electron chi connectivity index (χ0n) is 17.0. The molecule has 0 aliphatic carbocycles. The number of hydrogen-bond donors (Lipinski definition) is 3. The molecule has 0 spiro atoms. The van der Waals surface area contributed by atoms with Crippen molar-refractivity contribution in [2.75, 3.05) is 11.9 Å². The number of rotatable bonds is 8. The zero-order valence-corrected chi connectivity index (χ0v) is 18.5. The topological polar surface area (TPSA) is 143 Å². The molecule has 3 N–H and O–H groups in total. The number of aromatic nitrogens is 3. The number of pyridine rings is 1. The molecule has 12 heteroatoms. The van der Waals surface area contributed by atoms with Gasteiger partial charge < -0.3 is 5.32 Å². The molecular formula is C20H20ClN5O5S. The Morgan fingerprint density at radius 2 is 1.97 bits per heavy atom. The van der Waals surface area contributed by atoms with Crippen LogP contribution in [0.5, 0.6) is 0 Å². The summed E-state index contributed by atoms with van der Waals surface area (Å²) in [5.74, 6) is -0.685. The van der Waals surface area contributed by atoms with Crippen LogP contribution in [0.3, 0.4) is 0 Å². The molecule has 2 heterocycles. The van der Waals surface area contributed by atoms with Crippen LogP contribution in [0.15, 0.2) is 63.1 Å². The molecule has 0 saturated heterocycles. The quantitative estimate of drug-likeness (QED) is 0.414. The Bertz CT molecular complexity index is 1320. The van der Waals surface area contributed by atoms with E-state index in [1.54, 1.807) is 31.3 Å². The van der Waals surface area contributed by atoms with Gasteiger partial charge in [-0.3, -0.25) is 24.1 Å². The second-order valence-corrected chi connectivity index (χ2v) is 8.99. The molecule has 3 aromatic rings. The Labute approximate surface area is 188 Å². The molecule has 3 rings (SSSR count). The smallest absolute Gasteiger partial charge is 0.324 e. The number of anilines is 1. The van der Waals surface area contributed by atoms with Crippen LogP contribution in [0.2, 0.25) is 5.15 Å². The summed E-state index contributed by atoms with van der Waals surface area (Å²) in [7, 11) is -3.85. The molecule has 0 fully saturated rings. The third kappa shape index (κ3) is 5.90. The average Bonchev–Trinajstić information content (AvgIpc) is 2.72. The van der Waals surface area contributed by atoms with Crippen LogP contribution in [0.4, 0.5) is 5.69 Å². The molecule has 10 nitrogen and oxygen atoms in total. The number of aromatic amines is 1. The predicted octanol–water partition coefficient (Wildman–Crippen LogP) is 1.05. The third-order valence-corrected chi connectivity index (χ3v) is 6.26. The van der Waals surface area contributed by atoms with E-state index in [9.17, 15) is 22.8 Å². The SMILES string of the molecule is Cc1ccc(NC(=O)Cn2c(=O)cc(Cl)[nH]c2=O)cc1S(=O)(=O)NCCc1ccccn1. The van der Waals surface area contributed by atoms with E-state index in [1.165, 1.54) is 12.1 Å². The number of aryl methyl sites for hydroxylation is 1. The molecule has 0 unspecified atom stereocenters. The second-order valence-electron chi connectivity index (χ2n) is 6.84. The lowest BCUT2D eigenvalue weighted by Crippen LogP contribution is -2.38. The normalized spacial score (nSPS) is 11.3. The molecule has 2 aromatic heterocycles. The van der Waals surface area contributed by atoms with Crippen LogP contribution in [0, 0.1) is 6.92 Å². The van der Waals surface area contributed by atoms with Gasteiger partial charge in [0.05, 0.1) is 4.90 Å². The molecule has 0 aliphatic heterocycles. The van der Waals surface area contributed by atoms with E-state index in [-0.39, 0.29) is 22.3 Å². The van der Waals surface area contributed by atoms with E-state index in [2.05, 4.69) is 20.0 Å². The highest BCUT2D eigenvalue weighted by Gasteiger charge is 2.18. The Morgan fingerprint density at radius 3 is 2.66 bits per heavy atom. The summed E-state index contributed by atoms with van der Waals surface area (Å²) >= 11 is 5.60. The first-order valence-electron chi connectivity index (χ1n) is 9.45. The summed E-state index contributed by atoms with van der Waals surface area (Å²) in [5.41, 5.74) is -0.136. The van der Waals surface area contributed by atoms with Gasteiger partial charge in [-0.15, -0.1) is 0 Å². The number of carbonyl (C=O) groups excluding carboxylic acids is 1. The summed E-state index contributed by atoms with van der Waals surface area (Å²) in [6.07, 6.45) is 2.05. The van der Waals surface area contributed by atoms with Crippen molar-refractivity contribution in [2.45, 2.75) is 24.8 Å². The van der Waals surface area contributed by atoms with Gasteiger partial charge in [0, 0.05) is 36.6 Å². The number of hydrogen-bond acceptors (Lipinski definition) is 6. The molecule has 0 bridgehead atoms. The van der Waals surface area contributed by atoms with Gasteiger partial charge >= 0.3 is 5.69 Å². The number of nitrogens with zero attached hydrogens (tertiary/aromatic N) is 2. The van der Waals surface area contributed by atoms with E-state index in [0.29, 0.717) is 16.6 Å². The average molecular weight is 478 g/mol. The molecule has 0 radical (unpaired) electrons. The predicted molar refractivity (Wildman–Crippen MR) is 119 cm³/mol. The minimum atomic E-state index is -3.85. The maximum absolute atomic E-state index is 12.7. The molecule has 168 valence electrons. The first-order valence-corrected chi connectivity index (χ1v) is 11.3. The van der Waals surface area contributed by atoms with Gasteiger partial charge in [0.1, 0.15) is 11.7 Å². The second kappa shape index (κ2) is 9.90. The first kappa shape index (κ1) is 23.4. The number of amides is 1. The van der Waals surface area contributed by atoms with E-state index in [4.69, 9.17) is 11.6 Å². The molecule has 0 atom stereocenters. The molecule has 32 heavy (non-hydrogen) atoms. The van der Waals surface area contributed by atoms with Gasteiger partial charge in [-0.05, 0) is 36.8 Å². The molecule has 0 saturated carbocycles. The number of benzene rings is 1. The fraction of sp³-hybridized carbons (Fsp3) is 0.200. The number of halogens is 1. The number of sulfonamides is 1. The van der Waals surface area contributed by atoms with Crippen molar-refractivity contribution in [2.24, 2.45) is 0 Å². The van der Waals surface area contributed by atoms with E-state index in [0.717, 1.165) is 11.8 Å². The summed E-state index contributed by atoms with van der Waals surface area (Å²) in [4.78, 5) is 42.4. The maximum Gasteiger partial charge on any atom is 0.329 e.